The lowest BCUT2D eigenvalue weighted by Gasteiger charge is -2.21. The third-order valence-corrected chi connectivity index (χ3v) is 5.16. The predicted molar refractivity (Wildman–Crippen MR) is 113 cm³/mol. The summed E-state index contributed by atoms with van der Waals surface area (Å²) in [5.74, 6) is -1.32. The second-order valence-corrected chi connectivity index (χ2v) is 7.90. The van der Waals surface area contributed by atoms with Gasteiger partial charge in [-0.1, -0.05) is 84.0 Å². The minimum atomic E-state index is -1.78. The summed E-state index contributed by atoms with van der Waals surface area (Å²) in [6, 6.07) is -1.13. The van der Waals surface area contributed by atoms with Crippen LogP contribution in [0.3, 0.4) is 0 Å². The van der Waals surface area contributed by atoms with Gasteiger partial charge < -0.3 is 25.8 Å². The SMILES string of the molecule is CCCCCCCCCCCCCCCC(=O)OCC(=O)[C@@H](O)[C@H](O)[C@@H](N)CO. The van der Waals surface area contributed by atoms with Crippen LogP contribution in [0.15, 0.2) is 0 Å². The van der Waals surface area contributed by atoms with Gasteiger partial charge >= 0.3 is 5.97 Å². The van der Waals surface area contributed by atoms with Gasteiger partial charge in [-0.3, -0.25) is 9.59 Å². The zero-order chi connectivity index (χ0) is 21.9. The topological polar surface area (TPSA) is 130 Å². The number of esters is 1. The van der Waals surface area contributed by atoms with Crippen LogP contribution in [-0.2, 0) is 14.3 Å². The Morgan fingerprint density at radius 1 is 0.828 bits per heavy atom. The van der Waals surface area contributed by atoms with E-state index in [0.717, 1.165) is 12.8 Å². The minimum absolute atomic E-state index is 0.236. The molecule has 5 N–H and O–H groups in total. The summed E-state index contributed by atoms with van der Waals surface area (Å²) in [7, 11) is 0. The maximum Gasteiger partial charge on any atom is 0.306 e. The number of aliphatic hydroxyl groups excluding tert-OH is 3. The van der Waals surface area contributed by atoms with Crippen molar-refractivity contribution < 1.29 is 29.6 Å². The van der Waals surface area contributed by atoms with Crippen molar-refractivity contribution in [3.05, 3.63) is 0 Å². The summed E-state index contributed by atoms with van der Waals surface area (Å²) in [6.07, 6.45) is 12.7. The van der Waals surface area contributed by atoms with E-state index >= 15 is 0 Å². The molecule has 0 radical (unpaired) electrons. The van der Waals surface area contributed by atoms with Gasteiger partial charge in [0.2, 0.25) is 5.78 Å². The molecule has 7 heteroatoms. The lowest BCUT2D eigenvalue weighted by atomic mass is 10.0. The predicted octanol–water partition coefficient (Wildman–Crippen LogP) is 2.62. The lowest BCUT2D eigenvalue weighted by Crippen LogP contribution is -2.49. The molecule has 0 spiro atoms. The zero-order valence-electron chi connectivity index (χ0n) is 18.2. The molecule has 29 heavy (non-hydrogen) atoms. The molecule has 3 atom stereocenters. The van der Waals surface area contributed by atoms with Gasteiger partial charge in [0.1, 0.15) is 12.2 Å². The number of unbranched alkanes of at least 4 members (excludes halogenated alkanes) is 12. The molecule has 0 saturated heterocycles. The molecule has 0 saturated carbocycles. The summed E-state index contributed by atoms with van der Waals surface area (Å²) >= 11 is 0. The molecule has 0 rings (SSSR count). The fourth-order valence-corrected chi connectivity index (χ4v) is 3.13. The van der Waals surface area contributed by atoms with Crippen LogP contribution in [0.1, 0.15) is 96.8 Å². The first-order valence-corrected chi connectivity index (χ1v) is 11.3. The van der Waals surface area contributed by atoms with Gasteiger partial charge in [0.05, 0.1) is 12.6 Å². The number of carbonyl (C=O) groups excluding carboxylic acids is 2. The minimum Gasteiger partial charge on any atom is -0.458 e. The molecule has 0 aromatic heterocycles. The number of hydrogen-bond acceptors (Lipinski definition) is 7. The van der Waals surface area contributed by atoms with Gasteiger partial charge in [-0.25, -0.2) is 0 Å². The second-order valence-electron chi connectivity index (χ2n) is 7.90. The average Bonchev–Trinajstić information content (AvgIpc) is 2.73. The van der Waals surface area contributed by atoms with Crippen molar-refractivity contribution in [2.75, 3.05) is 13.2 Å². The molecule has 0 heterocycles. The Balaban J connectivity index is 3.53. The first-order valence-electron chi connectivity index (χ1n) is 11.3. The van der Waals surface area contributed by atoms with Crippen LogP contribution >= 0.6 is 0 Å². The molecule has 0 aliphatic carbocycles. The standard InChI is InChI=1S/C22H43NO6/c1-2-3-4-5-6-7-8-9-10-11-12-13-14-15-20(26)29-17-19(25)22(28)21(27)18(23)16-24/h18,21-22,24,27-28H,2-17,23H2,1H3/t18-,21+,22+/m0/s1. The smallest absolute Gasteiger partial charge is 0.306 e. The maximum absolute atomic E-state index is 11.7. The fraction of sp³-hybridized carbons (Fsp3) is 0.909. The third-order valence-electron chi connectivity index (χ3n) is 5.16. The van der Waals surface area contributed by atoms with Crippen molar-refractivity contribution in [3.8, 4) is 0 Å². The highest BCUT2D eigenvalue weighted by atomic mass is 16.5. The Morgan fingerprint density at radius 2 is 1.28 bits per heavy atom. The number of ketones is 1. The monoisotopic (exact) mass is 417 g/mol. The van der Waals surface area contributed by atoms with Gasteiger partial charge in [0.25, 0.3) is 0 Å². The van der Waals surface area contributed by atoms with E-state index in [1.807, 2.05) is 0 Å². The zero-order valence-corrected chi connectivity index (χ0v) is 18.2. The number of carbonyl (C=O) groups is 2. The Hall–Kier alpha value is -1.02. The summed E-state index contributed by atoms with van der Waals surface area (Å²) in [5.41, 5.74) is 5.35. The number of Topliss-reactive ketones (excluding diaryl/α,β-unsaturated/α-hetero) is 1. The summed E-state index contributed by atoms with van der Waals surface area (Å²) in [4.78, 5) is 23.3. The highest BCUT2D eigenvalue weighted by Gasteiger charge is 2.29. The van der Waals surface area contributed by atoms with E-state index in [0.29, 0.717) is 6.42 Å². The van der Waals surface area contributed by atoms with Crippen LogP contribution in [0.25, 0.3) is 0 Å². The molecule has 0 bridgehead atoms. The molecule has 0 aliphatic heterocycles. The van der Waals surface area contributed by atoms with Gasteiger partial charge in [0.15, 0.2) is 6.61 Å². The largest absolute Gasteiger partial charge is 0.458 e. The summed E-state index contributed by atoms with van der Waals surface area (Å²) < 4.78 is 4.83. The molecular weight excluding hydrogens is 374 g/mol. The maximum atomic E-state index is 11.7. The normalized spacial score (nSPS) is 14.4. The number of hydrogen-bond donors (Lipinski definition) is 4. The van der Waals surface area contributed by atoms with Gasteiger partial charge in [-0.15, -0.1) is 0 Å². The number of nitrogens with two attached hydrogens (primary N) is 1. The van der Waals surface area contributed by atoms with Crippen molar-refractivity contribution >= 4 is 11.8 Å². The lowest BCUT2D eigenvalue weighted by molar-refractivity contribution is -0.152. The first kappa shape index (κ1) is 28.0. The van der Waals surface area contributed by atoms with Gasteiger partial charge in [-0.05, 0) is 6.42 Å². The van der Waals surface area contributed by atoms with Crippen molar-refractivity contribution in [1.82, 2.24) is 0 Å². The Morgan fingerprint density at radius 3 is 1.72 bits per heavy atom. The van der Waals surface area contributed by atoms with Crippen LogP contribution in [0.2, 0.25) is 0 Å². The van der Waals surface area contributed by atoms with Gasteiger partial charge in [-0.2, -0.15) is 0 Å². The average molecular weight is 418 g/mol. The van der Waals surface area contributed by atoms with Crippen LogP contribution in [0, 0.1) is 0 Å². The van der Waals surface area contributed by atoms with E-state index in [2.05, 4.69) is 6.92 Å². The van der Waals surface area contributed by atoms with E-state index < -0.39 is 43.2 Å². The fourth-order valence-electron chi connectivity index (χ4n) is 3.13. The quantitative estimate of drug-likeness (QED) is 0.177. The summed E-state index contributed by atoms with van der Waals surface area (Å²) in [6.45, 7) is 1.07. The van der Waals surface area contributed by atoms with Crippen LogP contribution in [0.4, 0.5) is 0 Å². The van der Waals surface area contributed by atoms with Crippen LogP contribution in [-0.4, -0.2) is 58.5 Å². The molecule has 0 fully saturated rings. The molecule has 7 nitrogen and oxygen atoms in total. The molecule has 0 unspecified atom stereocenters. The van der Waals surface area contributed by atoms with Crippen molar-refractivity contribution in [2.24, 2.45) is 5.73 Å². The van der Waals surface area contributed by atoms with Crippen molar-refractivity contribution in [1.29, 1.82) is 0 Å². The number of rotatable bonds is 20. The van der Waals surface area contributed by atoms with Crippen molar-refractivity contribution in [2.45, 2.75) is 115 Å². The van der Waals surface area contributed by atoms with E-state index in [4.69, 9.17) is 15.6 Å². The first-order chi connectivity index (χ1) is 13.9. The number of ether oxygens (including phenoxy) is 1. The Kier molecular flexibility index (Phi) is 18.3. The second kappa shape index (κ2) is 19.0. The third kappa shape index (κ3) is 15.5. The molecule has 0 aromatic carbocycles. The van der Waals surface area contributed by atoms with E-state index in [9.17, 15) is 19.8 Å². The van der Waals surface area contributed by atoms with Crippen LogP contribution in [0.5, 0.6) is 0 Å². The molecule has 0 aliphatic rings. The molecule has 172 valence electrons. The Bertz CT molecular complexity index is 418. The summed E-state index contributed by atoms with van der Waals surface area (Å²) in [5, 5.41) is 28.0. The van der Waals surface area contributed by atoms with E-state index in [1.54, 1.807) is 0 Å². The Labute approximate surface area is 176 Å². The van der Waals surface area contributed by atoms with Crippen molar-refractivity contribution in [3.63, 3.8) is 0 Å². The van der Waals surface area contributed by atoms with E-state index in [1.165, 1.54) is 64.2 Å². The molecular formula is C22H43NO6. The van der Waals surface area contributed by atoms with E-state index in [-0.39, 0.29) is 6.42 Å². The van der Waals surface area contributed by atoms with Gasteiger partial charge in [0, 0.05) is 6.42 Å². The highest BCUT2D eigenvalue weighted by molar-refractivity contribution is 5.86. The number of aliphatic hydroxyl groups is 3. The highest BCUT2D eigenvalue weighted by Crippen LogP contribution is 2.13. The molecule has 0 aromatic rings. The molecule has 0 amide bonds. The van der Waals surface area contributed by atoms with Crippen LogP contribution < -0.4 is 5.73 Å².